The zero-order valence-electron chi connectivity index (χ0n) is 13.5. The number of piperidine rings is 1. The van der Waals surface area contributed by atoms with Crippen molar-refractivity contribution in [2.24, 2.45) is 5.92 Å². The van der Waals surface area contributed by atoms with Crippen molar-refractivity contribution < 1.29 is 17.6 Å². The summed E-state index contributed by atoms with van der Waals surface area (Å²) in [6.45, 7) is 4.70. The van der Waals surface area contributed by atoms with Gasteiger partial charge < -0.3 is 4.90 Å². The summed E-state index contributed by atoms with van der Waals surface area (Å²) in [5.74, 6) is -0.609. The van der Waals surface area contributed by atoms with Gasteiger partial charge in [0.15, 0.2) is 0 Å². The summed E-state index contributed by atoms with van der Waals surface area (Å²) >= 11 is 0. The molecular formula is C16H23FN2O3S. The molecule has 0 saturated carbocycles. The summed E-state index contributed by atoms with van der Waals surface area (Å²) in [6, 6.07) is 5.96. The van der Waals surface area contributed by atoms with Gasteiger partial charge in [0.2, 0.25) is 10.0 Å². The van der Waals surface area contributed by atoms with E-state index in [9.17, 15) is 17.6 Å². The third-order valence-electron chi connectivity index (χ3n) is 4.20. The molecule has 1 aliphatic heterocycles. The number of sulfonamides is 1. The second-order valence-electron chi connectivity index (χ2n) is 6.16. The van der Waals surface area contributed by atoms with Crippen molar-refractivity contribution in [3.8, 4) is 0 Å². The second kappa shape index (κ2) is 7.40. The Morgan fingerprint density at radius 2 is 1.91 bits per heavy atom. The highest BCUT2D eigenvalue weighted by molar-refractivity contribution is 7.90. The fraction of sp³-hybridized carbons (Fsp3) is 0.562. The molecule has 0 spiro atoms. The van der Waals surface area contributed by atoms with E-state index in [2.05, 4.69) is 4.72 Å². The van der Waals surface area contributed by atoms with E-state index in [0.717, 1.165) is 0 Å². The minimum Gasteiger partial charge on any atom is -0.339 e. The molecule has 1 aliphatic rings. The van der Waals surface area contributed by atoms with Crippen LogP contribution in [0.5, 0.6) is 0 Å². The summed E-state index contributed by atoms with van der Waals surface area (Å²) in [7, 11) is -3.26. The van der Waals surface area contributed by atoms with Crippen LogP contribution >= 0.6 is 0 Å². The van der Waals surface area contributed by atoms with Crippen molar-refractivity contribution in [3.05, 3.63) is 35.6 Å². The first-order valence-electron chi connectivity index (χ1n) is 7.83. The highest BCUT2D eigenvalue weighted by Gasteiger charge is 2.26. The van der Waals surface area contributed by atoms with E-state index in [4.69, 9.17) is 0 Å². The third kappa shape index (κ3) is 4.51. The number of rotatable bonds is 5. The number of benzene rings is 1. The monoisotopic (exact) mass is 342 g/mol. The van der Waals surface area contributed by atoms with Crippen molar-refractivity contribution in [2.45, 2.75) is 31.9 Å². The Morgan fingerprint density at radius 1 is 1.30 bits per heavy atom. The molecule has 0 aromatic heterocycles. The third-order valence-corrected chi connectivity index (χ3v) is 6.01. The van der Waals surface area contributed by atoms with E-state index in [1.54, 1.807) is 30.9 Å². The van der Waals surface area contributed by atoms with E-state index < -0.39 is 21.1 Å². The van der Waals surface area contributed by atoms with Gasteiger partial charge >= 0.3 is 0 Å². The molecule has 23 heavy (non-hydrogen) atoms. The van der Waals surface area contributed by atoms with Gasteiger partial charge in [-0.3, -0.25) is 4.79 Å². The van der Waals surface area contributed by atoms with Crippen molar-refractivity contribution in [1.29, 1.82) is 0 Å². The van der Waals surface area contributed by atoms with Gasteiger partial charge in [0.25, 0.3) is 5.91 Å². The van der Waals surface area contributed by atoms with Gasteiger partial charge in [0.05, 0.1) is 10.8 Å². The highest BCUT2D eigenvalue weighted by atomic mass is 32.2. The molecule has 0 radical (unpaired) electrons. The number of hydrogen-bond donors (Lipinski definition) is 1. The lowest BCUT2D eigenvalue weighted by atomic mass is 9.96. The van der Waals surface area contributed by atoms with Crippen LogP contribution in [-0.2, 0) is 10.0 Å². The topological polar surface area (TPSA) is 66.5 Å². The summed E-state index contributed by atoms with van der Waals surface area (Å²) in [6.07, 6.45) is 1.42. The van der Waals surface area contributed by atoms with Crippen LogP contribution in [-0.4, -0.2) is 44.1 Å². The lowest BCUT2D eigenvalue weighted by Crippen LogP contribution is -2.42. The number of amides is 1. The molecule has 0 bridgehead atoms. The highest BCUT2D eigenvalue weighted by Crippen LogP contribution is 2.20. The lowest BCUT2D eigenvalue weighted by Gasteiger charge is -2.32. The lowest BCUT2D eigenvalue weighted by molar-refractivity contribution is 0.0687. The Hall–Kier alpha value is -1.47. The molecule has 0 unspecified atom stereocenters. The van der Waals surface area contributed by atoms with Crippen LogP contribution < -0.4 is 4.72 Å². The van der Waals surface area contributed by atoms with Crippen molar-refractivity contribution >= 4 is 15.9 Å². The summed E-state index contributed by atoms with van der Waals surface area (Å²) in [5.41, 5.74) is 0.0893. The van der Waals surface area contributed by atoms with Crippen LogP contribution in [0.25, 0.3) is 0 Å². The van der Waals surface area contributed by atoms with E-state index in [1.165, 1.54) is 12.1 Å². The zero-order valence-corrected chi connectivity index (χ0v) is 14.3. The van der Waals surface area contributed by atoms with Crippen LogP contribution in [0, 0.1) is 11.7 Å². The molecule has 0 aliphatic carbocycles. The molecule has 1 aromatic rings. The van der Waals surface area contributed by atoms with Crippen molar-refractivity contribution in [1.82, 2.24) is 9.62 Å². The molecule has 1 N–H and O–H groups in total. The van der Waals surface area contributed by atoms with Crippen LogP contribution in [0.1, 0.15) is 37.0 Å². The number of carbonyl (C=O) groups is 1. The molecule has 5 nitrogen and oxygen atoms in total. The minimum absolute atomic E-state index is 0.0893. The molecule has 1 heterocycles. The van der Waals surface area contributed by atoms with Gasteiger partial charge in [-0.1, -0.05) is 12.1 Å². The molecule has 7 heteroatoms. The van der Waals surface area contributed by atoms with Gasteiger partial charge in [0.1, 0.15) is 5.82 Å². The summed E-state index contributed by atoms with van der Waals surface area (Å²) in [5, 5.41) is -0.453. The largest absolute Gasteiger partial charge is 0.339 e. The van der Waals surface area contributed by atoms with E-state index in [1.807, 2.05) is 0 Å². The first kappa shape index (κ1) is 17.9. The molecule has 1 saturated heterocycles. The Bertz CT molecular complexity index is 653. The molecule has 1 aromatic carbocycles. The average molecular weight is 342 g/mol. The number of nitrogens with zero attached hydrogens (tertiary/aromatic N) is 1. The Balaban J connectivity index is 1.87. The Labute approximate surface area is 136 Å². The number of hydrogen-bond acceptors (Lipinski definition) is 3. The van der Waals surface area contributed by atoms with Crippen LogP contribution in [0.3, 0.4) is 0 Å². The van der Waals surface area contributed by atoms with Crippen LogP contribution in [0.2, 0.25) is 0 Å². The van der Waals surface area contributed by atoms with Crippen LogP contribution in [0.15, 0.2) is 24.3 Å². The maximum Gasteiger partial charge on any atom is 0.256 e. The smallest absolute Gasteiger partial charge is 0.256 e. The van der Waals surface area contributed by atoms with Crippen molar-refractivity contribution in [3.63, 3.8) is 0 Å². The number of likely N-dealkylation sites (tertiary alicyclic amines) is 1. The van der Waals surface area contributed by atoms with Gasteiger partial charge in [0, 0.05) is 19.6 Å². The minimum atomic E-state index is -3.26. The average Bonchev–Trinajstić information content (AvgIpc) is 2.53. The summed E-state index contributed by atoms with van der Waals surface area (Å²) in [4.78, 5) is 13.9. The Kier molecular flexibility index (Phi) is 5.75. The number of carbonyl (C=O) groups excluding carboxylic acids is 1. The predicted octanol–water partition coefficient (Wildman–Crippen LogP) is 2.01. The first-order valence-corrected chi connectivity index (χ1v) is 9.38. The zero-order chi connectivity index (χ0) is 17.0. The van der Waals surface area contributed by atoms with E-state index >= 15 is 0 Å². The molecule has 1 amide bonds. The maximum atomic E-state index is 13.7. The molecule has 128 valence electrons. The van der Waals surface area contributed by atoms with Crippen molar-refractivity contribution in [2.75, 3.05) is 19.6 Å². The van der Waals surface area contributed by atoms with E-state index in [-0.39, 0.29) is 17.4 Å². The van der Waals surface area contributed by atoms with Gasteiger partial charge in [-0.2, -0.15) is 0 Å². The Morgan fingerprint density at radius 3 is 2.48 bits per heavy atom. The fourth-order valence-corrected chi connectivity index (χ4v) is 3.35. The fourth-order valence-electron chi connectivity index (χ4n) is 2.55. The van der Waals surface area contributed by atoms with E-state index in [0.29, 0.717) is 32.5 Å². The first-order chi connectivity index (χ1) is 10.8. The normalized spacial score (nSPS) is 16.8. The molecule has 2 rings (SSSR count). The predicted molar refractivity (Wildman–Crippen MR) is 87.1 cm³/mol. The van der Waals surface area contributed by atoms with Gasteiger partial charge in [-0.05, 0) is 44.7 Å². The number of nitrogens with one attached hydrogen (secondary N) is 1. The van der Waals surface area contributed by atoms with Crippen LogP contribution in [0.4, 0.5) is 4.39 Å². The molecule has 1 fully saturated rings. The second-order valence-corrected chi connectivity index (χ2v) is 8.48. The standard InChI is InChI=1S/C16H23FN2O3S/c1-12(2)23(21,22)18-11-13-7-9-19(10-8-13)16(20)14-5-3-4-6-15(14)17/h3-6,12-13,18H,7-11H2,1-2H3. The number of halogens is 1. The maximum absolute atomic E-state index is 13.7. The SMILES string of the molecule is CC(C)S(=O)(=O)NCC1CCN(C(=O)c2ccccc2F)CC1. The molecule has 0 atom stereocenters. The quantitative estimate of drug-likeness (QED) is 0.890. The summed E-state index contributed by atoms with van der Waals surface area (Å²) < 4.78 is 39.8. The van der Waals surface area contributed by atoms with Gasteiger partial charge in [-0.15, -0.1) is 0 Å². The van der Waals surface area contributed by atoms with Gasteiger partial charge in [-0.25, -0.2) is 17.5 Å². The molecular weight excluding hydrogens is 319 g/mol.